The van der Waals surface area contributed by atoms with Crippen LogP contribution in [-0.2, 0) is 19.1 Å². The van der Waals surface area contributed by atoms with E-state index in [1.807, 2.05) is 0 Å². The first-order valence-electron chi connectivity index (χ1n) is 9.43. The summed E-state index contributed by atoms with van der Waals surface area (Å²) in [6.07, 6.45) is 12.4. The van der Waals surface area contributed by atoms with E-state index in [4.69, 9.17) is 16.3 Å². The molecule has 142 valence electrons. The number of esters is 2. The fraction of sp³-hybridized carbons (Fsp3) is 0.895. The first-order valence-corrected chi connectivity index (χ1v) is 9.87. The number of carbonyl (C=O) groups excluding carboxylic acids is 2. The average molecular weight is 363 g/mol. The van der Waals surface area contributed by atoms with Gasteiger partial charge in [0.05, 0.1) is 7.11 Å². The number of methoxy groups -OCH3 is 1. The van der Waals surface area contributed by atoms with Crippen LogP contribution < -0.4 is 0 Å². The van der Waals surface area contributed by atoms with Gasteiger partial charge in [0.2, 0.25) is 0 Å². The summed E-state index contributed by atoms with van der Waals surface area (Å²) in [7, 11) is 1.41. The zero-order chi connectivity index (χ0) is 18.2. The predicted octanol–water partition coefficient (Wildman–Crippen LogP) is 5.40. The van der Waals surface area contributed by atoms with Gasteiger partial charge in [-0.1, -0.05) is 46.0 Å². The lowest BCUT2D eigenvalue weighted by atomic mass is 10.1. The molecule has 0 aromatic carbocycles. The van der Waals surface area contributed by atoms with Crippen molar-refractivity contribution < 1.29 is 19.1 Å². The van der Waals surface area contributed by atoms with E-state index in [1.165, 1.54) is 39.2 Å². The number of carbonyl (C=O) groups is 2. The molecule has 0 saturated carbocycles. The van der Waals surface area contributed by atoms with Gasteiger partial charge in [0, 0.05) is 18.2 Å². The smallest absolute Gasteiger partial charge is 0.306 e. The summed E-state index contributed by atoms with van der Waals surface area (Å²) in [5.74, 6) is -0.173. The normalized spacial score (nSPS) is 17.7. The first-order chi connectivity index (χ1) is 11.5. The monoisotopic (exact) mass is 362 g/mol. The minimum Gasteiger partial charge on any atom is -0.469 e. The molecule has 0 aromatic heterocycles. The second-order valence-corrected chi connectivity index (χ2v) is 6.97. The highest BCUT2D eigenvalue weighted by Gasteiger charge is 2.22. The molecule has 0 bridgehead atoms. The van der Waals surface area contributed by atoms with Crippen molar-refractivity contribution in [2.24, 2.45) is 0 Å². The Balaban J connectivity index is 0.000000446. The largest absolute Gasteiger partial charge is 0.469 e. The fourth-order valence-electron chi connectivity index (χ4n) is 2.54. The minimum atomic E-state index is -0.166. The van der Waals surface area contributed by atoms with Gasteiger partial charge in [0.25, 0.3) is 0 Å². The standard InChI is InChI=1S/C10H19ClO2.C9H16O2/c1-3-4-5-6-9(11)7-8-10(12)13-2;1-2-3-4-5-8-6-7-9(10)11-8/h9H,3-8H2,1-2H3;8H,2-7H2,1H3. The highest BCUT2D eigenvalue weighted by Crippen LogP contribution is 2.19. The molecule has 0 amide bonds. The summed E-state index contributed by atoms with van der Waals surface area (Å²) >= 11 is 6.01. The molecule has 0 spiro atoms. The minimum absolute atomic E-state index is 0.00787. The molecule has 24 heavy (non-hydrogen) atoms. The molecule has 4 nitrogen and oxygen atoms in total. The lowest BCUT2D eigenvalue weighted by Crippen LogP contribution is -2.05. The second-order valence-electron chi connectivity index (χ2n) is 6.35. The van der Waals surface area contributed by atoms with E-state index in [9.17, 15) is 9.59 Å². The molecule has 2 atom stereocenters. The number of hydrogen-bond acceptors (Lipinski definition) is 4. The zero-order valence-electron chi connectivity index (χ0n) is 15.7. The van der Waals surface area contributed by atoms with E-state index in [-0.39, 0.29) is 23.4 Å². The van der Waals surface area contributed by atoms with Crippen molar-refractivity contribution >= 4 is 23.5 Å². The van der Waals surface area contributed by atoms with Crippen LogP contribution in [0.15, 0.2) is 0 Å². The SMILES string of the molecule is CCCCCC(Cl)CCC(=O)OC.CCCCCC1CCC(=O)O1. The van der Waals surface area contributed by atoms with Crippen LogP contribution in [-0.4, -0.2) is 30.5 Å². The number of unbranched alkanes of at least 4 members (excludes halogenated alkanes) is 4. The lowest BCUT2D eigenvalue weighted by Gasteiger charge is -2.07. The number of cyclic esters (lactones) is 1. The van der Waals surface area contributed by atoms with Crippen LogP contribution in [0.5, 0.6) is 0 Å². The number of rotatable bonds is 11. The summed E-state index contributed by atoms with van der Waals surface area (Å²) in [6, 6.07) is 0. The van der Waals surface area contributed by atoms with Gasteiger partial charge in [-0.15, -0.1) is 11.6 Å². The van der Waals surface area contributed by atoms with Crippen molar-refractivity contribution in [2.45, 2.75) is 102 Å². The Kier molecular flexibility index (Phi) is 15.2. The highest BCUT2D eigenvalue weighted by atomic mass is 35.5. The third-order valence-electron chi connectivity index (χ3n) is 4.11. The molecule has 1 rings (SSSR count). The van der Waals surface area contributed by atoms with Crippen LogP contribution in [0.4, 0.5) is 0 Å². The van der Waals surface area contributed by atoms with E-state index < -0.39 is 0 Å². The number of ether oxygens (including phenoxy) is 2. The van der Waals surface area contributed by atoms with E-state index in [1.54, 1.807) is 0 Å². The van der Waals surface area contributed by atoms with Gasteiger partial charge < -0.3 is 9.47 Å². The van der Waals surface area contributed by atoms with Gasteiger partial charge >= 0.3 is 11.9 Å². The van der Waals surface area contributed by atoms with E-state index in [2.05, 4.69) is 18.6 Å². The summed E-state index contributed by atoms with van der Waals surface area (Å²) in [5.41, 5.74) is 0. The molecule has 1 heterocycles. The van der Waals surface area contributed by atoms with Crippen LogP contribution >= 0.6 is 11.6 Å². The van der Waals surface area contributed by atoms with Crippen LogP contribution in [0, 0.1) is 0 Å². The summed E-state index contributed by atoms with van der Waals surface area (Å²) in [4.78, 5) is 21.4. The van der Waals surface area contributed by atoms with Crippen LogP contribution in [0.2, 0.25) is 0 Å². The first kappa shape index (κ1) is 23.2. The number of hydrogen-bond donors (Lipinski definition) is 0. The van der Waals surface area contributed by atoms with E-state index >= 15 is 0 Å². The van der Waals surface area contributed by atoms with Crippen molar-refractivity contribution in [3.05, 3.63) is 0 Å². The van der Waals surface area contributed by atoms with Crippen molar-refractivity contribution in [3.63, 3.8) is 0 Å². The Morgan fingerprint density at radius 3 is 2.42 bits per heavy atom. The summed E-state index contributed by atoms with van der Waals surface area (Å²) in [6.45, 7) is 4.35. The topological polar surface area (TPSA) is 52.6 Å². The Bertz CT molecular complexity index is 333. The maximum atomic E-state index is 10.8. The molecular weight excluding hydrogens is 328 g/mol. The number of halogens is 1. The Morgan fingerprint density at radius 1 is 1.21 bits per heavy atom. The fourth-order valence-corrected chi connectivity index (χ4v) is 2.81. The number of alkyl halides is 1. The van der Waals surface area contributed by atoms with Crippen LogP contribution in [0.1, 0.15) is 90.9 Å². The third-order valence-corrected chi connectivity index (χ3v) is 4.54. The molecular formula is C19H35ClO4. The Hall–Kier alpha value is -0.770. The van der Waals surface area contributed by atoms with Gasteiger partial charge in [-0.3, -0.25) is 9.59 Å². The molecule has 1 aliphatic heterocycles. The van der Waals surface area contributed by atoms with Gasteiger partial charge in [-0.25, -0.2) is 0 Å². The summed E-state index contributed by atoms with van der Waals surface area (Å²) < 4.78 is 9.60. The average Bonchev–Trinajstić information content (AvgIpc) is 2.99. The van der Waals surface area contributed by atoms with Gasteiger partial charge in [-0.05, 0) is 32.1 Å². The molecule has 0 aliphatic carbocycles. The maximum Gasteiger partial charge on any atom is 0.306 e. The van der Waals surface area contributed by atoms with Gasteiger partial charge in [-0.2, -0.15) is 0 Å². The second kappa shape index (κ2) is 15.7. The van der Waals surface area contributed by atoms with Crippen molar-refractivity contribution in [3.8, 4) is 0 Å². The molecule has 0 aromatic rings. The van der Waals surface area contributed by atoms with Crippen molar-refractivity contribution in [1.82, 2.24) is 0 Å². The molecule has 0 N–H and O–H groups in total. The lowest BCUT2D eigenvalue weighted by molar-refractivity contribution is -0.142. The van der Waals surface area contributed by atoms with Gasteiger partial charge in [0.15, 0.2) is 0 Å². The van der Waals surface area contributed by atoms with Crippen molar-refractivity contribution in [2.75, 3.05) is 7.11 Å². The van der Waals surface area contributed by atoms with E-state index in [0.717, 1.165) is 32.1 Å². The molecule has 1 fully saturated rings. The third kappa shape index (κ3) is 13.6. The van der Waals surface area contributed by atoms with Crippen LogP contribution in [0.3, 0.4) is 0 Å². The molecule has 1 aliphatic rings. The molecule has 0 radical (unpaired) electrons. The molecule has 5 heteroatoms. The summed E-state index contributed by atoms with van der Waals surface area (Å²) in [5, 5.41) is 0.130. The predicted molar refractivity (Wildman–Crippen MR) is 98.3 cm³/mol. The molecule has 2 unspecified atom stereocenters. The zero-order valence-corrected chi connectivity index (χ0v) is 16.4. The Morgan fingerprint density at radius 2 is 1.88 bits per heavy atom. The van der Waals surface area contributed by atoms with E-state index in [0.29, 0.717) is 12.8 Å². The highest BCUT2D eigenvalue weighted by molar-refractivity contribution is 6.20. The maximum absolute atomic E-state index is 10.8. The van der Waals surface area contributed by atoms with Gasteiger partial charge in [0.1, 0.15) is 6.10 Å². The van der Waals surface area contributed by atoms with Crippen LogP contribution in [0.25, 0.3) is 0 Å². The quantitative estimate of drug-likeness (QED) is 0.280. The molecule has 1 saturated heterocycles. The Labute approximate surface area is 152 Å². The van der Waals surface area contributed by atoms with Crippen molar-refractivity contribution in [1.29, 1.82) is 0 Å².